The van der Waals surface area contributed by atoms with Crippen LogP contribution in [0, 0.1) is 0 Å². The van der Waals surface area contributed by atoms with E-state index in [0.29, 0.717) is 5.75 Å². The lowest BCUT2D eigenvalue weighted by Crippen LogP contribution is -2.33. The second kappa shape index (κ2) is 6.75. The molecule has 2 aromatic rings. The molecule has 1 N–H and O–H groups in total. The molecule has 0 saturated heterocycles. The normalized spacial score (nSPS) is 12.9. The average molecular weight is 302 g/mol. The van der Waals surface area contributed by atoms with Crippen LogP contribution in [0.4, 0.5) is 0 Å². The van der Waals surface area contributed by atoms with Crippen molar-refractivity contribution in [3.63, 3.8) is 0 Å². The minimum Gasteiger partial charge on any atom is -0.491 e. The molecule has 0 aliphatic rings. The molecule has 1 aromatic heterocycles. The molecule has 1 unspecified atom stereocenters. The van der Waals surface area contributed by atoms with Crippen LogP contribution >= 0.6 is 0 Å². The van der Waals surface area contributed by atoms with Gasteiger partial charge < -0.3 is 9.84 Å². The predicted octanol–water partition coefficient (Wildman–Crippen LogP) is 1.98. The van der Waals surface area contributed by atoms with Gasteiger partial charge in [0, 0.05) is 11.5 Å². The smallest absolute Gasteiger partial charge is 0.266 e. The Kier molecular flexibility index (Phi) is 4.98. The van der Waals surface area contributed by atoms with Crippen molar-refractivity contribution in [2.24, 2.45) is 0 Å². The third-order valence-corrected chi connectivity index (χ3v) is 3.20. The molecule has 0 spiro atoms. The van der Waals surface area contributed by atoms with Crippen molar-refractivity contribution in [2.45, 2.75) is 38.8 Å². The molecular weight excluding hydrogens is 280 g/mol. The van der Waals surface area contributed by atoms with Crippen LogP contribution in [-0.2, 0) is 12.0 Å². The maximum absolute atomic E-state index is 11.9. The average Bonchev–Trinajstić information content (AvgIpc) is 2.47. The van der Waals surface area contributed by atoms with Crippen molar-refractivity contribution >= 4 is 0 Å². The first-order valence-electron chi connectivity index (χ1n) is 7.31. The number of benzene rings is 1. The van der Waals surface area contributed by atoms with E-state index in [9.17, 15) is 9.90 Å². The van der Waals surface area contributed by atoms with Crippen LogP contribution in [0.5, 0.6) is 5.75 Å². The maximum Gasteiger partial charge on any atom is 0.266 e. The zero-order chi connectivity index (χ0) is 16.2. The van der Waals surface area contributed by atoms with Gasteiger partial charge in [-0.2, -0.15) is 5.10 Å². The fourth-order valence-corrected chi connectivity index (χ4v) is 1.94. The van der Waals surface area contributed by atoms with Gasteiger partial charge in [-0.05, 0) is 18.2 Å². The summed E-state index contributed by atoms with van der Waals surface area (Å²) in [6, 6.07) is 12.5. The quantitative estimate of drug-likeness (QED) is 0.917. The lowest BCUT2D eigenvalue weighted by Gasteiger charge is -2.19. The number of para-hydroxylation sites is 1. The first-order valence-corrected chi connectivity index (χ1v) is 7.31. The van der Waals surface area contributed by atoms with Gasteiger partial charge in [-0.15, -0.1) is 0 Å². The van der Waals surface area contributed by atoms with Gasteiger partial charge in [0.15, 0.2) is 0 Å². The van der Waals surface area contributed by atoms with Gasteiger partial charge in [0.05, 0.1) is 12.2 Å². The summed E-state index contributed by atoms with van der Waals surface area (Å²) < 4.78 is 6.78. The predicted molar refractivity (Wildman–Crippen MR) is 85.1 cm³/mol. The lowest BCUT2D eigenvalue weighted by atomic mass is 9.92. The van der Waals surface area contributed by atoms with Crippen molar-refractivity contribution in [3.8, 4) is 5.75 Å². The molecule has 1 atom stereocenters. The minimum atomic E-state index is -0.805. The topological polar surface area (TPSA) is 64.4 Å². The molecule has 5 heteroatoms. The first-order chi connectivity index (χ1) is 10.4. The lowest BCUT2D eigenvalue weighted by molar-refractivity contribution is 0.0875. The zero-order valence-corrected chi connectivity index (χ0v) is 13.2. The van der Waals surface area contributed by atoms with Crippen molar-refractivity contribution in [3.05, 3.63) is 58.5 Å². The molecule has 2 rings (SSSR count). The maximum atomic E-state index is 11.9. The largest absolute Gasteiger partial charge is 0.491 e. The Morgan fingerprint density at radius 1 is 1.18 bits per heavy atom. The Bertz CT molecular complexity index is 660. The number of hydrogen-bond donors (Lipinski definition) is 1. The molecule has 1 heterocycles. The number of aliphatic hydroxyl groups excluding tert-OH is 1. The van der Waals surface area contributed by atoms with Gasteiger partial charge in [-0.3, -0.25) is 4.79 Å². The highest BCUT2D eigenvalue weighted by molar-refractivity contribution is 5.20. The molecular formula is C17H22N2O3. The van der Waals surface area contributed by atoms with Gasteiger partial charge >= 0.3 is 0 Å². The molecule has 0 aliphatic carbocycles. The number of rotatable bonds is 5. The second-order valence-corrected chi connectivity index (χ2v) is 6.27. The van der Waals surface area contributed by atoms with Crippen molar-refractivity contribution in [2.75, 3.05) is 6.61 Å². The fourth-order valence-electron chi connectivity index (χ4n) is 1.94. The van der Waals surface area contributed by atoms with Crippen molar-refractivity contribution < 1.29 is 9.84 Å². The molecule has 5 nitrogen and oxygen atoms in total. The summed E-state index contributed by atoms with van der Waals surface area (Å²) in [6.45, 7) is 6.30. The molecule has 1 aromatic carbocycles. The molecule has 0 fully saturated rings. The van der Waals surface area contributed by atoms with Crippen LogP contribution in [0.1, 0.15) is 26.5 Å². The van der Waals surface area contributed by atoms with E-state index in [0.717, 1.165) is 5.69 Å². The molecule has 118 valence electrons. The summed E-state index contributed by atoms with van der Waals surface area (Å²) in [5.74, 6) is 0.685. The van der Waals surface area contributed by atoms with Crippen molar-refractivity contribution in [1.29, 1.82) is 0 Å². The van der Waals surface area contributed by atoms with Crippen LogP contribution in [0.2, 0.25) is 0 Å². The Morgan fingerprint density at radius 2 is 1.86 bits per heavy atom. The SMILES string of the molecule is CC(C)(C)c1ccc(=O)n(CC(O)COc2ccccc2)n1. The summed E-state index contributed by atoms with van der Waals surface area (Å²) in [5, 5.41) is 14.4. The van der Waals surface area contributed by atoms with Crippen LogP contribution in [-0.4, -0.2) is 27.6 Å². The summed E-state index contributed by atoms with van der Waals surface area (Å²) in [4.78, 5) is 11.9. The van der Waals surface area contributed by atoms with Crippen molar-refractivity contribution in [1.82, 2.24) is 9.78 Å². The van der Waals surface area contributed by atoms with Gasteiger partial charge in [-0.1, -0.05) is 39.0 Å². The van der Waals surface area contributed by atoms with E-state index in [2.05, 4.69) is 5.10 Å². The number of nitrogens with zero attached hydrogens (tertiary/aromatic N) is 2. The van der Waals surface area contributed by atoms with E-state index < -0.39 is 6.10 Å². The van der Waals surface area contributed by atoms with Crippen LogP contribution in [0.15, 0.2) is 47.3 Å². The highest BCUT2D eigenvalue weighted by atomic mass is 16.5. The highest BCUT2D eigenvalue weighted by Gasteiger charge is 2.17. The Labute approximate surface area is 130 Å². The summed E-state index contributed by atoms with van der Waals surface area (Å²) in [5.41, 5.74) is 0.427. The number of hydrogen-bond acceptors (Lipinski definition) is 4. The standard InChI is InChI=1S/C17H22N2O3/c1-17(2,3)15-9-10-16(21)19(18-15)11-13(20)12-22-14-7-5-4-6-8-14/h4-10,13,20H,11-12H2,1-3H3. The molecule has 0 amide bonds. The third-order valence-electron chi connectivity index (χ3n) is 3.20. The van der Waals surface area contributed by atoms with E-state index in [4.69, 9.17) is 4.74 Å². The summed E-state index contributed by atoms with van der Waals surface area (Å²) >= 11 is 0. The number of aliphatic hydroxyl groups is 1. The van der Waals surface area contributed by atoms with Crippen LogP contribution in [0.3, 0.4) is 0 Å². The second-order valence-electron chi connectivity index (χ2n) is 6.27. The van der Waals surface area contributed by atoms with Crippen LogP contribution in [0.25, 0.3) is 0 Å². The Morgan fingerprint density at radius 3 is 2.50 bits per heavy atom. The minimum absolute atomic E-state index is 0.107. The molecule has 22 heavy (non-hydrogen) atoms. The van der Waals surface area contributed by atoms with E-state index in [1.54, 1.807) is 6.07 Å². The zero-order valence-electron chi connectivity index (χ0n) is 13.2. The Hall–Kier alpha value is -2.14. The van der Waals surface area contributed by atoms with Gasteiger partial charge in [0.25, 0.3) is 5.56 Å². The van der Waals surface area contributed by atoms with Crippen LogP contribution < -0.4 is 10.3 Å². The number of ether oxygens (including phenoxy) is 1. The van der Waals surface area contributed by atoms with E-state index >= 15 is 0 Å². The molecule has 0 saturated carbocycles. The molecule has 0 bridgehead atoms. The highest BCUT2D eigenvalue weighted by Crippen LogP contribution is 2.18. The van der Waals surface area contributed by atoms with Gasteiger partial charge in [0.1, 0.15) is 18.5 Å². The third kappa shape index (κ3) is 4.43. The monoisotopic (exact) mass is 302 g/mol. The van der Waals surface area contributed by atoms with E-state index in [1.165, 1.54) is 10.7 Å². The molecule has 0 radical (unpaired) electrons. The van der Waals surface area contributed by atoms with E-state index in [-0.39, 0.29) is 24.1 Å². The Balaban J connectivity index is 2.02. The van der Waals surface area contributed by atoms with E-state index in [1.807, 2.05) is 51.1 Å². The number of aromatic nitrogens is 2. The molecule has 0 aliphatic heterocycles. The van der Waals surface area contributed by atoms with Gasteiger partial charge in [0.2, 0.25) is 0 Å². The fraction of sp³-hybridized carbons (Fsp3) is 0.412. The first kappa shape index (κ1) is 16.2. The summed E-state index contributed by atoms with van der Waals surface area (Å²) in [7, 11) is 0. The van der Waals surface area contributed by atoms with Gasteiger partial charge in [-0.25, -0.2) is 4.68 Å². The summed E-state index contributed by atoms with van der Waals surface area (Å²) in [6.07, 6.45) is -0.805.